The first-order valence-electron chi connectivity index (χ1n) is 9.77. The van der Waals surface area contributed by atoms with Crippen molar-refractivity contribution < 1.29 is 0 Å². The molecule has 1 aliphatic carbocycles. The molecule has 7 heteroatoms. The first-order valence-corrected chi connectivity index (χ1v) is 11.4. The van der Waals surface area contributed by atoms with Gasteiger partial charge in [0.05, 0.1) is 9.30 Å². The number of nitrogens with zero attached hydrogens (tertiary/aromatic N) is 3. The molecule has 0 amide bonds. The van der Waals surface area contributed by atoms with Crippen LogP contribution in [0.25, 0.3) is 10.9 Å². The van der Waals surface area contributed by atoms with E-state index in [4.69, 9.17) is 9.97 Å². The van der Waals surface area contributed by atoms with Crippen LogP contribution in [0.3, 0.4) is 0 Å². The monoisotopic (exact) mass is 475 g/mol. The van der Waals surface area contributed by atoms with Crippen LogP contribution in [-0.4, -0.2) is 36.1 Å². The normalized spacial score (nSPS) is 19.0. The fourth-order valence-corrected chi connectivity index (χ4v) is 5.22. The molecule has 1 aromatic carbocycles. The first kappa shape index (κ1) is 22.0. The predicted octanol–water partition coefficient (Wildman–Crippen LogP) is 5.67. The largest absolute Gasteiger partial charge is 0.362 e. The van der Waals surface area contributed by atoms with Crippen molar-refractivity contribution in [2.45, 2.75) is 51.7 Å². The van der Waals surface area contributed by atoms with Crippen LogP contribution in [0.15, 0.2) is 40.2 Å². The average Bonchev–Trinajstić information content (AvgIpc) is 3.12. The predicted molar refractivity (Wildman–Crippen MR) is 129 cm³/mol. The molecule has 1 saturated carbocycles. The molecule has 29 heavy (non-hydrogen) atoms. The maximum Gasteiger partial charge on any atom is 0.225 e. The Labute approximate surface area is 186 Å². The van der Waals surface area contributed by atoms with Crippen molar-refractivity contribution in [3.8, 4) is 0 Å². The van der Waals surface area contributed by atoms with Crippen LogP contribution in [0.4, 0.5) is 11.8 Å². The summed E-state index contributed by atoms with van der Waals surface area (Å²) in [5, 5.41) is 8.38. The second kappa shape index (κ2) is 9.87. The lowest BCUT2D eigenvalue weighted by molar-refractivity contribution is 0.353. The van der Waals surface area contributed by atoms with Gasteiger partial charge in [0.2, 0.25) is 5.95 Å². The quantitative estimate of drug-likeness (QED) is 0.480. The van der Waals surface area contributed by atoms with Gasteiger partial charge in [-0.1, -0.05) is 19.6 Å². The van der Waals surface area contributed by atoms with E-state index in [0.29, 0.717) is 12.1 Å². The summed E-state index contributed by atoms with van der Waals surface area (Å²) in [5.74, 6) is 1.70. The van der Waals surface area contributed by atoms with Crippen LogP contribution < -0.4 is 15.5 Å². The fraction of sp³-hybridized carbons (Fsp3) is 0.455. The van der Waals surface area contributed by atoms with Gasteiger partial charge in [-0.25, -0.2) is 4.98 Å². The van der Waals surface area contributed by atoms with Crippen LogP contribution >= 0.6 is 27.3 Å². The highest BCUT2D eigenvalue weighted by Crippen LogP contribution is 2.27. The number of anilines is 2. The molecule has 2 aromatic heterocycles. The second-order valence-corrected chi connectivity index (χ2v) is 10.1. The Morgan fingerprint density at radius 3 is 2.45 bits per heavy atom. The molecule has 1 fully saturated rings. The third kappa shape index (κ3) is 5.47. The van der Waals surface area contributed by atoms with Crippen LogP contribution in [0.5, 0.6) is 0 Å². The Balaban J connectivity index is 0.00000240. The zero-order valence-corrected chi connectivity index (χ0v) is 18.7. The first-order chi connectivity index (χ1) is 13.6. The zero-order valence-electron chi connectivity index (χ0n) is 16.3. The summed E-state index contributed by atoms with van der Waals surface area (Å²) >= 11 is 5.34. The Morgan fingerprint density at radius 1 is 1.03 bits per heavy atom. The van der Waals surface area contributed by atoms with E-state index in [2.05, 4.69) is 55.7 Å². The number of hydrogen-bond donors (Lipinski definition) is 2. The number of halogens is 1. The highest BCUT2D eigenvalue weighted by atomic mass is 79.9. The number of hydrogen-bond acceptors (Lipinski definition) is 6. The summed E-state index contributed by atoms with van der Waals surface area (Å²) in [6.45, 7) is 0.957. The molecular formula is C22H30BrN5S. The molecule has 0 atom stereocenters. The molecule has 1 aliphatic rings. The van der Waals surface area contributed by atoms with E-state index in [9.17, 15) is 0 Å². The number of aromatic nitrogens is 2. The summed E-state index contributed by atoms with van der Waals surface area (Å²) in [7, 11) is 4.06. The van der Waals surface area contributed by atoms with Crippen molar-refractivity contribution in [3.63, 3.8) is 0 Å². The zero-order chi connectivity index (χ0) is 19.5. The maximum atomic E-state index is 4.78. The summed E-state index contributed by atoms with van der Waals surface area (Å²) < 4.78 is 1.20. The van der Waals surface area contributed by atoms with Gasteiger partial charge >= 0.3 is 0 Å². The molecule has 156 valence electrons. The SMILES string of the molecule is C.CN(C)c1nc(NC2CCC(NCc3ccc(Br)s3)CC2)nc2ccccc12. The van der Waals surface area contributed by atoms with Crippen LogP contribution in [0.2, 0.25) is 0 Å². The number of thiophene rings is 1. The number of fused-ring (bicyclic) bond motifs is 1. The van der Waals surface area contributed by atoms with Crippen molar-refractivity contribution in [2.24, 2.45) is 0 Å². The van der Waals surface area contributed by atoms with E-state index in [0.717, 1.165) is 42.1 Å². The molecule has 3 aromatic rings. The van der Waals surface area contributed by atoms with E-state index < -0.39 is 0 Å². The summed E-state index contributed by atoms with van der Waals surface area (Å²) in [6, 6.07) is 13.5. The topological polar surface area (TPSA) is 53.1 Å². The van der Waals surface area contributed by atoms with Gasteiger partial charge in [-0.05, 0) is 65.9 Å². The lowest BCUT2D eigenvalue weighted by atomic mass is 9.91. The molecule has 0 unspecified atom stereocenters. The maximum absolute atomic E-state index is 4.78. The number of benzene rings is 1. The Hall–Kier alpha value is -1.70. The minimum absolute atomic E-state index is 0. The second-order valence-electron chi connectivity index (χ2n) is 7.56. The molecule has 2 N–H and O–H groups in total. The standard InChI is InChI=1S/C21H26BrN5S.CH4/c1-27(2)20-17-5-3-4-6-18(17)25-21(26-20)24-15-9-7-14(8-10-15)23-13-16-11-12-19(22)28-16;/h3-6,11-12,14-15,23H,7-10,13H2,1-2H3,(H,24,25,26);1H4. The minimum Gasteiger partial charge on any atom is -0.362 e. The van der Waals surface area contributed by atoms with Crippen molar-refractivity contribution in [1.82, 2.24) is 15.3 Å². The van der Waals surface area contributed by atoms with Gasteiger partial charge in [0, 0.05) is 43.0 Å². The van der Waals surface area contributed by atoms with Gasteiger partial charge in [0.1, 0.15) is 5.82 Å². The summed E-state index contributed by atoms with van der Waals surface area (Å²) in [5.41, 5.74) is 0.987. The Kier molecular flexibility index (Phi) is 7.49. The van der Waals surface area contributed by atoms with Gasteiger partial charge in [-0.3, -0.25) is 0 Å². The number of nitrogens with one attached hydrogen (secondary N) is 2. The molecular weight excluding hydrogens is 446 g/mol. The van der Waals surface area contributed by atoms with Crippen molar-refractivity contribution in [1.29, 1.82) is 0 Å². The van der Waals surface area contributed by atoms with E-state index >= 15 is 0 Å². The molecule has 0 radical (unpaired) electrons. The number of rotatable bonds is 6. The van der Waals surface area contributed by atoms with Crippen LogP contribution in [0.1, 0.15) is 38.0 Å². The highest BCUT2D eigenvalue weighted by Gasteiger charge is 2.22. The molecule has 4 rings (SSSR count). The van der Waals surface area contributed by atoms with Gasteiger partial charge < -0.3 is 15.5 Å². The Bertz CT molecular complexity index is 934. The van der Waals surface area contributed by atoms with Crippen molar-refractivity contribution >= 4 is 49.9 Å². The lowest BCUT2D eigenvalue weighted by Crippen LogP contribution is -2.36. The van der Waals surface area contributed by atoms with Gasteiger partial charge in [-0.2, -0.15) is 4.98 Å². The van der Waals surface area contributed by atoms with Crippen molar-refractivity contribution in [3.05, 3.63) is 45.1 Å². The van der Waals surface area contributed by atoms with Gasteiger partial charge in [0.25, 0.3) is 0 Å². The van der Waals surface area contributed by atoms with E-state index in [1.165, 1.54) is 21.5 Å². The highest BCUT2D eigenvalue weighted by molar-refractivity contribution is 9.11. The number of para-hydroxylation sites is 1. The molecule has 0 aliphatic heterocycles. The van der Waals surface area contributed by atoms with Crippen LogP contribution in [0, 0.1) is 0 Å². The molecule has 5 nitrogen and oxygen atoms in total. The molecule has 0 bridgehead atoms. The third-order valence-electron chi connectivity index (χ3n) is 5.26. The lowest BCUT2D eigenvalue weighted by Gasteiger charge is -2.30. The summed E-state index contributed by atoms with van der Waals surface area (Å²) in [6.07, 6.45) is 4.63. The molecule has 2 heterocycles. The van der Waals surface area contributed by atoms with Gasteiger partial charge in [0.15, 0.2) is 0 Å². The van der Waals surface area contributed by atoms with Gasteiger partial charge in [-0.15, -0.1) is 11.3 Å². The Morgan fingerprint density at radius 2 is 1.76 bits per heavy atom. The minimum atomic E-state index is 0. The van der Waals surface area contributed by atoms with E-state index in [1.807, 2.05) is 26.2 Å². The molecule has 0 saturated heterocycles. The fourth-order valence-electron chi connectivity index (χ4n) is 3.78. The summed E-state index contributed by atoms with van der Waals surface area (Å²) in [4.78, 5) is 13.0. The van der Waals surface area contributed by atoms with Crippen LogP contribution in [-0.2, 0) is 6.54 Å². The average molecular weight is 476 g/mol. The van der Waals surface area contributed by atoms with E-state index in [-0.39, 0.29) is 7.43 Å². The third-order valence-corrected chi connectivity index (χ3v) is 6.88. The molecule has 0 spiro atoms. The van der Waals surface area contributed by atoms with Crippen molar-refractivity contribution in [2.75, 3.05) is 24.3 Å². The van der Waals surface area contributed by atoms with E-state index in [1.54, 1.807) is 11.3 Å². The smallest absolute Gasteiger partial charge is 0.225 e.